The normalized spacial score (nSPS) is 22.5. The Bertz CT molecular complexity index is 451. The number of hydrogen-bond donors (Lipinski definition) is 2. The first-order valence-electron chi connectivity index (χ1n) is 7.11. The lowest BCUT2D eigenvalue weighted by molar-refractivity contribution is 0.0665. The van der Waals surface area contributed by atoms with Gasteiger partial charge in [-0.25, -0.2) is 0 Å². The molecule has 0 bridgehead atoms. The molecule has 106 valence electrons. The molecule has 1 heterocycles. The molecule has 2 fully saturated rings. The third-order valence-corrected chi connectivity index (χ3v) is 4.80. The maximum atomic E-state index is 9.91. The summed E-state index contributed by atoms with van der Waals surface area (Å²) < 4.78 is 2.35. The molecule has 6 heteroatoms. The minimum atomic E-state index is -0.767. The lowest BCUT2D eigenvalue weighted by Gasteiger charge is -2.20. The monoisotopic (exact) mass is 282 g/mol. The maximum absolute atomic E-state index is 9.91. The maximum Gasteiger partial charge on any atom is 0.191 e. The van der Waals surface area contributed by atoms with Crippen LogP contribution in [-0.2, 0) is 0 Å². The van der Waals surface area contributed by atoms with Crippen molar-refractivity contribution in [1.82, 2.24) is 14.8 Å². The number of rotatable bonds is 7. The lowest BCUT2D eigenvalue weighted by Crippen LogP contribution is -2.34. The Hall–Kier alpha value is -0.590. The van der Waals surface area contributed by atoms with Crippen LogP contribution in [0.1, 0.15) is 56.8 Å². The fourth-order valence-corrected chi connectivity index (χ4v) is 3.35. The summed E-state index contributed by atoms with van der Waals surface area (Å²) >= 11 is 1.70. The largest absolute Gasteiger partial charge is 0.389 e. The van der Waals surface area contributed by atoms with E-state index in [0.717, 1.165) is 10.9 Å². The molecule has 2 saturated carbocycles. The third-order valence-electron chi connectivity index (χ3n) is 3.86. The first kappa shape index (κ1) is 13.4. The van der Waals surface area contributed by atoms with Crippen molar-refractivity contribution in [2.45, 2.75) is 61.7 Å². The van der Waals surface area contributed by atoms with E-state index >= 15 is 0 Å². The highest BCUT2D eigenvalue weighted by Crippen LogP contribution is 2.46. The third kappa shape index (κ3) is 3.12. The van der Waals surface area contributed by atoms with Crippen LogP contribution in [0.4, 0.5) is 0 Å². The molecule has 2 aliphatic rings. The molecular formula is C13H22N4OS. The minimum Gasteiger partial charge on any atom is -0.389 e. The van der Waals surface area contributed by atoms with Gasteiger partial charge in [0.1, 0.15) is 5.82 Å². The molecule has 1 atom stereocenters. The summed E-state index contributed by atoms with van der Waals surface area (Å²) in [4.78, 5) is 0. The Morgan fingerprint density at radius 2 is 2.11 bits per heavy atom. The topological polar surface area (TPSA) is 77.0 Å². The number of aromatic nitrogens is 3. The van der Waals surface area contributed by atoms with Crippen LogP contribution in [-0.4, -0.2) is 37.8 Å². The molecule has 0 saturated heterocycles. The average Bonchev–Trinajstić information content (AvgIpc) is 3.29. The molecule has 0 aliphatic heterocycles. The summed E-state index contributed by atoms with van der Waals surface area (Å²) in [5.41, 5.74) is 4.77. The molecular weight excluding hydrogens is 260 g/mol. The molecule has 0 radical (unpaired) electrons. The van der Waals surface area contributed by atoms with Gasteiger partial charge in [-0.3, -0.25) is 0 Å². The summed E-state index contributed by atoms with van der Waals surface area (Å²) in [5, 5.41) is 19.7. The average molecular weight is 282 g/mol. The van der Waals surface area contributed by atoms with E-state index in [-0.39, 0.29) is 0 Å². The Balaban J connectivity index is 1.64. The molecule has 0 aromatic carbocycles. The highest BCUT2D eigenvalue weighted by Gasteiger charge is 2.36. The van der Waals surface area contributed by atoms with Gasteiger partial charge < -0.3 is 15.4 Å². The van der Waals surface area contributed by atoms with Crippen LogP contribution in [0.3, 0.4) is 0 Å². The molecule has 1 aromatic rings. The van der Waals surface area contributed by atoms with Gasteiger partial charge in [0.25, 0.3) is 0 Å². The first-order valence-corrected chi connectivity index (χ1v) is 8.09. The van der Waals surface area contributed by atoms with Crippen LogP contribution >= 0.6 is 11.8 Å². The van der Waals surface area contributed by atoms with Crippen molar-refractivity contribution in [3.05, 3.63) is 5.82 Å². The molecule has 1 aromatic heterocycles. The Morgan fingerprint density at radius 3 is 2.68 bits per heavy atom. The van der Waals surface area contributed by atoms with Gasteiger partial charge in [0.05, 0.1) is 5.60 Å². The van der Waals surface area contributed by atoms with Gasteiger partial charge in [-0.15, -0.1) is 10.2 Å². The van der Waals surface area contributed by atoms with Crippen LogP contribution in [0.15, 0.2) is 5.16 Å². The molecule has 3 N–H and O–H groups in total. The van der Waals surface area contributed by atoms with Crippen LogP contribution in [0.25, 0.3) is 0 Å². The van der Waals surface area contributed by atoms with Crippen molar-refractivity contribution >= 4 is 11.8 Å². The van der Waals surface area contributed by atoms with Gasteiger partial charge in [0.15, 0.2) is 5.16 Å². The zero-order valence-corrected chi connectivity index (χ0v) is 12.2. The lowest BCUT2D eigenvalue weighted by atomic mass is 10.1. The van der Waals surface area contributed by atoms with Crippen LogP contribution in [0, 0.1) is 0 Å². The molecule has 0 spiro atoms. The van der Waals surface area contributed by atoms with E-state index in [4.69, 9.17) is 5.73 Å². The fourth-order valence-electron chi connectivity index (χ4n) is 2.15. The zero-order chi connectivity index (χ0) is 13.5. The van der Waals surface area contributed by atoms with Crippen LogP contribution in [0.2, 0.25) is 0 Å². The minimum absolute atomic E-state index is 0.302. The van der Waals surface area contributed by atoms with E-state index in [1.807, 2.05) is 0 Å². The summed E-state index contributed by atoms with van der Waals surface area (Å²) in [5.74, 6) is 2.67. The number of nitrogens with two attached hydrogens (primary N) is 1. The van der Waals surface area contributed by atoms with Gasteiger partial charge in [-0.05, 0) is 39.0 Å². The second-order valence-corrected chi connectivity index (χ2v) is 7.08. The van der Waals surface area contributed by atoms with Gasteiger partial charge in [0, 0.05) is 24.3 Å². The SMILES string of the molecule is CC(O)(CN)CCSc1nnc(C2CC2)n1C1CC1. The van der Waals surface area contributed by atoms with Crippen LogP contribution < -0.4 is 5.73 Å². The van der Waals surface area contributed by atoms with Crippen LogP contribution in [0.5, 0.6) is 0 Å². The highest BCUT2D eigenvalue weighted by molar-refractivity contribution is 7.99. The molecule has 19 heavy (non-hydrogen) atoms. The Morgan fingerprint density at radius 1 is 1.37 bits per heavy atom. The quantitative estimate of drug-likeness (QED) is 0.744. The summed E-state index contributed by atoms with van der Waals surface area (Å²) in [6, 6.07) is 0.628. The van der Waals surface area contributed by atoms with E-state index in [2.05, 4.69) is 14.8 Å². The standard InChI is InChI=1S/C13H22N4OS/c1-13(18,8-14)6-7-19-12-16-15-11(9-2-3-9)17(12)10-4-5-10/h9-10,18H,2-8,14H2,1H3. The summed E-state index contributed by atoms with van der Waals surface area (Å²) in [6.45, 7) is 2.09. The number of thioether (sulfide) groups is 1. The van der Waals surface area contributed by atoms with E-state index < -0.39 is 5.60 Å². The molecule has 3 rings (SSSR count). The van der Waals surface area contributed by atoms with Crippen molar-refractivity contribution in [1.29, 1.82) is 0 Å². The van der Waals surface area contributed by atoms with Crippen molar-refractivity contribution in [3.63, 3.8) is 0 Å². The smallest absolute Gasteiger partial charge is 0.191 e. The van der Waals surface area contributed by atoms with Gasteiger partial charge in [0.2, 0.25) is 0 Å². The van der Waals surface area contributed by atoms with Crippen molar-refractivity contribution in [2.75, 3.05) is 12.3 Å². The van der Waals surface area contributed by atoms with Gasteiger partial charge >= 0.3 is 0 Å². The molecule has 5 nitrogen and oxygen atoms in total. The molecule has 1 unspecified atom stereocenters. The van der Waals surface area contributed by atoms with E-state index in [1.165, 1.54) is 31.5 Å². The zero-order valence-electron chi connectivity index (χ0n) is 11.4. The second-order valence-electron chi connectivity index (χ2n) is 6.02. The van der Waals surface area contributed by atoms with E-state index in [1.54, 1.807) is 18.7 Å². The van der Waals surface area contributed by atoms with Gasteiger partial charge in [-0.2, -0.15) is 0 Å². The predicted molar refractivity (Wildman–Crippen MR) is 75.3 cm³/mol. The Kier molecular flexibility index (Phi) is 3.57. The van der Waals surface area contributed by atoms with E-state index in [9.17, 15) is 5.11 Å². The van der Waals surface area contributed by atoms with Crippen molar-refractivity contribution in [3.8, 4) is 0 Å². The number of nitrogens with zero attached hydrogens (tertiary/aromatic N) is 3. The number of hydrogen-bond acceptors (Lipinski definition) is 5. The van der Waals surface area contributed by atoms with E-state index in [0.29, 0.717) is 24.9 Å². The second kappa shape index (κ2) is 5.07. The molecule has 2 aliphatic carbocycles. The van der Waals surface area contributed by atoms with Gasteiger partial charge in [-0.1, -0.05) is 11.8 Å². The predicted octanol–water partition coefficient (Wildman–Crippen LogP) is 1.68. The number of aliphatic hydroxyl groups is 1. The first-order chi connectivity index (χ1) is 9.11. The summed E-state index contributed by atoms with van der Waals surface area (Å²) in [6.07, 6.45) is 5.72. The Labute approximate surface area is 118 Å². The van der Waals surface area contributed by atoms with Crippen molar-refractivity contribution in [2.24, 2.45) is 5.73 Å². The summed E-state index contributed by atoms with van der Waals surface area (Å²) in [7, 11) is 0. The molecule has 0 amide bonds. The highest BCUT2D eigenvalue weighted by atomic mass is 32.2. The fraction of sp³-hybridized carbons (Fsp3) is 0.846. The van der Waals surface area contributed by atoms with Crippen molar-refractivity contribution < 1.29 is 5.11 Å².